The first-order chi connectivity index (χ1) is 6.75. The van der Waals surface area contributed by atoms with E-state index in [1.54, 1.807) is 12.4 Å². The van der Waals surface area contributed by atoms with Crippen LogP contribution in [0, 0.1) is 6.92 Å². The first-order valence-corrected chi connectivity index (χ1v) is 4.79. The van der Waals surface area contributed by atoms with Crippen molar-refractivity contribution in [1.82, 2.24) is 15.3 Å². The molecule has 1 unspecified atom stereocenters. The minimum atomic E-state index is 0.108. The Balaban J connectivity index is 2.14. The molecule has 2 heterocycles. The van der Waals surface area contributed by atoms with Crippen LogP contribution < -0.4 is 5.32 Å². The van der Waals surface area contributed by atoms with Gasteiger partial charge in [-0.3, -0.25) is 4.79 Å². The summed E-state index contributed by atoms with van der Waals surface area (Å²) in [5.41, 5.74) is 1.00. The molecule has 1 aliphatic heterocycles. The van der Waals surface area contributed by atoms with Crippen LogP contribution in [0.5, 0.6) is 0 Å². The summed E-state index contributed by atoms with van der Waals surface area (Å²) in [6.07, 6.45) is 4.78. The van der Waals surface area contributed by atoms with E-state index in [9.17, 15) is 4.79 Å². The van der Waals surface area contributed by atoms with E-state index in [0.717, 1.165) is 17.9 Å². The third-order valence-electron chi connectivity index (χ3n) is 2.43. The van der Waals surface area contributed by atoms with Gasteiger partial charge < -0.3 is 5.32 Å². The third-order valence-corrected chi connectivity index (χ3v) is 2.43. The molecule has 0 saturated carbocycles. The molecule has 1 atom stereocenters. The Kier molecular flexibility index (Phi) is 2.54. The molecule has 14 heavy (non-hydrogen) atoms. The van der Waals surface area contributed by atoms with Crippen LogP contribution in [-0.4, -0.2) is 22.3 Å². The average Bonchev–Trinajstić information content (AvgIpc) is 2.19. The van der Waals surface area contributed by atoms with E-state index in [-0.39, 0.29) is 6.04 Å². The highest BCUT2D eigenvalue weighted by Gasteiger charge is 2.20. The molecule has 74 valence electrons. The van der Waals surface area contributed by atoms with E-state index in [0.29, 0.717) is 18.6 Å². The zero-order valence-corrected chi connectivity index (χ0v) is 8.16. The monoisotopic (exact) mass is 191 g/mol. The zero-order chi connectivity index (χ0) is 9.97. The standard InChI is InChI=1S/C10H13N3O/c1-7-12-5-8(6-13-7)10-4-9(14)2-3-11-10/h5-6,10-11H,2-4H2,1H3. The highest BCUT2D eigenvalue weighted by molar-refractivity contribution is 5.80. The summed E-state index contributed by atoms with van der Waals surface area (Å²) in [5, 5.41) is 3.28. The summed E-state index contributed by atoms with van der Waals surface area (Å²) < 4.78 is 0. The lowest BCUT2D eigenvalue weighted by atomic mass is 9.99. The SMILES string of the molecule is Cc1ncc(C2CC(=O)CCN2)cn1. The summed E-state index contributed by atoms with van der Waals surface area (Å²) in [4.78, 5) is 19.5. The number of nitrogens with one attached hydrogen (secondary N) is 1. The molecule has 4 nitrogen and oxygen atoms in total. The molecule has 4 heteroatoms. The van der Waals surface area contributed by atoms with Gasteiger partial charge in [-0.25, -0.2) is 9.97 Å². The molecule has 0 radical (unpaired) electrons. The molecule has 0 aromatic carbocycles. The van der Waals surface area contributed by atoms with Gasteiger partial charge in [-0.2, -0.15) is 0 Å². The van der Waals surface area contributed by atoms with Gasteiger partial charge >= 0.3 is 0 Å². The van der Waals surface area contributed by atoms with E-state index in [1.165, 1.54) is 0 Å². The van der Waals surface area contributed by atoms with Crippen molar-refractivity contribution < 1.29 is 4.79 Å². The maximum atomic E-state index is 11.2. The minimum absolute atomic E-state index is 0.108. The van der Waals surface area contributed by atoms with Crippen LogP contribution >= 0.6 is 0 Å². The van der Waals surface area contributed by atoms with Crippen molar-refractivity contribution in [2.45, 2.75) is 25.8 Å². The number of nitrogens with zero attached hydrogens (tertiary/aromatic N) is 2. The summed E-state index contributed by atoms with van der Waals surface area (Å²) in [5.74, 6) is 1.07. The van der Waals surface area contributed by atoms with E-state index in [2.05, 4.69) is 15.3 Å². The van der Waals surface area contributed by atoms with Crippen molar-refractivity contribution in [2.75, 3.05) is 6.54 Å². The Labute approximate surface area is 82.8 Å². The predicted octanol–water partition coefficient (Wildman–Crippen LogP) is 0.779. The van der Waals surface area contributed by atoms with Crippen LogP contribution in [0.1, 0.15) is 30.3 Å². The predicted molar refractivity (Wildman–Crippen MR) is 51.8 cm³/mol. The van der Waals surface area contributed by atoms with Crippen molar-refractivity contribution in [3.8, 4) is 0 Å². The van der Waals surface area contributed by atoms with Gasteiger partial charge in [0.05, 0.1) is 0 Å². The van der Waals surface area contributed by atoms with E-state index < -0.39 is 0 Å². The van der Waals surface area contributed by atoms with Crippen molar-refractivity contribution in [3.63, 3.8) is 0 Å². The number of carbonyl (C=O) groups is 1. The number of aromatic nitrogens is 2. The van der Waals surface area contributed by atoms with Gasteiger partial charge in [-0.15, -0.1) is 0 Å². The van der Waals surface area contributed by atoms with Crippen LogP contribution in [0.2, 0.25) is 0 Å². The molecule has 1 N–H and O–H groups in total. The van der Waals surface area contributed by atoms with E-state index >= 15 is 0 Å². The van der Waals surface area contributed by atoms with E-state index in [1.807, 2.05) is 6.92 Å². The molecule has 1 saturated heterocycles. The van der Waals surface area contributed by atoms with Crippen molar-refractivity contribution >= 4 is 5.78 Å². The fraction of sp³-hybridized carbons (Fsp3) is 0.500. The molecule has 1 aromatic rings. The van der Waals surface area contributed by atoms with Gasteiger partial charge in [-0.05, 0) is 6.92 Å². The summed E-state index contributed by atoms with van der Waals surface area (Å²) in [6, 6.07) is 0.108. The second-order valence-corrected chi connectivity index (χ2v) is 3.56. The second-order valence-electron chi connectivity index (χ2n) is 3.56. The van der Waals surface area contributed by atoms with Gasteiger partial charge in [0.25, 0.3) is 0 Å². The smallest absolute Gasteiger partial charge is 0.136 e. The van der Waals surface area contributed by atoms with E-state index in [4.69, 9.17) is 0 Å². The van der Waals surface area contributed by atoms with Crippen molar-refractivity contribution in [1.29, 1.82) is 0 Å². The summed E-state index contributed by atoms with van der Waals surface area (Å²) in [7, 11) is 0. The largest absolute Gasteiger partial charge is 0.309 e. The molecule has 1 aromatic heterocycles. The Morgan fingerprint density at radius 1 is 1.43 bits per heavy atom. The molecule has 1 aliphatic rings. The molecule has 0 spiro atoms. The van der Waals surface area contributed by atoms with Gasteiger partial charge in [0, 0.05) is 43.4 Å². The van der Waals surface area contributed by atoms with Crippen LogP contribution in [0.15, 0.2) is 12.4 Å². The topological polar surface area (TPSA) is 54.9 Å². The maximum Gasteiger partial charge on any atom is 0.136 e. The van der Waals surface area contributed by atoms with Gasteiger partial charge in [0.15, 0.2) is 0 Å². The summed E-state index contributed by atoms with van der Waals surface area (Å²) in [6.45, 7) is 2.61. The average molecular weight is 191 g/mol. The first kappa shape index (κ1) is 9.27. The third kappa shape index (κ3) is 1.96. The fourth-order valence-electron chi connectivity index (χ4n) is 1.61. The molecular formula is C10H13N3O. The lowest BCUT2D eigenvalue weighted by Crippen LogP contribution is -2.31. The Bertz CT molecular complexity index is 334. The number of ketones is 1. The number of hydrogen-bond donors (Lipinski definition) is 1. The Morgan fingerprint density at radius 3 is 2.79 bits per heavy atom. The second kappa shape index (κ2) is 3.84. The first-order valence-electron chi connectivity index (χ1n) is 4.79. The van der Waals surface area contributed by atoms with Crippen molar-refractivity contribution in [2.24, 2.45) is 0 Å². The van der Waals surface area contributed by atoms with Gasteiger partial charge in [0.1, 0.15) is 11.6 Å². The molecule has 0 bridgehead atoms. The fourth-order valence-corrected chi connectivity index (χ4v) is 1.61. The maximum absolute atomic E-state index is 11.2. The number of hydrogen-bond acceptors (Lipinski definition) is 4. The van der Waals surface area contributed by atoms with Crippen LogP contribution in [0.25, 0.3) is 0 Å². The number of rotatable bonds is 1. The Hall–Kier alpha value is -1.29. The van der Waals surface area contributed by atoms with Crippen LogP contribution in [-0.2, 0) is 4.79 Å². The van der Waals surface area contributed by atoms with Crippen LogP contribution in [0.4, 0.5) is 0 Å². The number of Topliss-reactive ketones (excluding diaryl/α,β-unsaturated/α-hetero) is 1. The molecular weight excluding hydrogens is 178 g/mol. The molecule has 2 rings (SSSR count). The normalized spacial score (nSPS) is 22.4. The molecule has 0 amide bonds. The highest BCUT2D eigenvalue weighted by atomic mass is 16.1. The number of piperidine rings is 1. The Morgan fingerprint density at radius 2 is 2.14 bits per heavy atom. The minimum Gasteiger partial charge on any atom is -0.309 e. The molecule has 0 aliphatic carbocycles. The lowest BCUT2D eigenvalue weighted by molar-refractivity contribution is -0.120. The summed E-state index contributed by atoms with van der Waals surface area (Å²) >= 11 is 0. The zero-order valence-electron chi connectivity index (χ0n) is 8.16. The highest BCUT2D eigenvalue weighted by Crippen LogP contribution is 2.19. The number of aryl methyl sites for hydroxylation is 1. The number of carbonyl (C=O) groups excluding carboxylic acids is 1. The molecule has 1 fully saturated rings. The van der Waals surface area contributed by atoms with Gasteiger partial charge in [0.2, 0.25) is 0 Å². The quantitative estimate of drug-likeness (QED) is 0.712. The van der Waals surface area contributed by atoms with Gasteiger partial charge in [-0.1, -0.05) is 0 Å². The lowest BCUT2D eigenvalue weighted by Gasteiger charge is -2.22. The van der Waals surface area contributed by atoms with Crippen molar-refractivity contribution in [3.05, 3.63) is 23.8 Å². The van der Waals surface area contributed by atoms with Crippen LogP contribution in [0.3, 0.4) is 0 Å².